The molecule has 0 bridgehead atoms. The first-order valence-electron chi connectivity index (χ1n) is 14.7. The van der Waals surface area contributed by atoms with E-state index >= 15 is 0 Å². The molecule has 202 valence electrons. The smallest absolute Gasteiger partial charge is 0.201 e. The van der Waals surface area contributed by atoms with E-state index in [1.54, 1.807) is 0 Å². The van der Waals surface area contributed by atoms with E-state index in [4.69, 9.17) is 4.74 Å². The van der Waals surface area contributed by atoms with Gasteiger partial charge in [0.25, 0.3) is 0 Å². The fourth-order valence-electron chi connectivity index (χ4n) is 6.40. The second kappa shape index (κ2) is 14.0. The molecule has 0 amide bonds. The molecule has 1 aromatic carbocycles. The molecule has 0 spiro atoms. The van der Waals surface area contributed by atoms with Crippen molar-refractivity contribution in [2.45, 2.75) is 103 Å². The maximum Gasteiger partial charge on any atom is 0.201 e. The van der Waals surface area contributed by atoms with Crippen LogP contribution in [0.2, 0.25) is 0 Å². The van der Waals surface area contributed by atoms with E-state index < -0.39 is 11.6 Å². The van der Waals surface area contributed by atoms with Crippen LogP contribution >= 0.6 is 0 Å². The molecule has 4 rings (SSSR count). The number of halogens is 2. The Morgan fingerprint density at radius 1 is 0.838 bits per heavy atom. The zero-order chi connectivity index (χ0) is 26.0. The lowest BCUT2D eigenvalue weighted by atomic mass is 9.68. The molecule has 1 heterocycles. The van der Waals surface area contributed by atoms with Gasteiger partial charge in [0.2, 0.25) is 5.82 Å². The molecule has 0 radical (unpaired) electrons. The number of hydrogen-bond acceptors (Lipinski definition) is 3. The Kier molecular flexibility index (Phi) is 10.5. The summed E-state index contributed by atoms with van der Waals surface area (Å²) >= 11 is 0. The number of benzene rings is 1. The predicted octanol–water partition coefficient (Wildman–Crippen LogP) is 9.43. The summed E-state index contributed by atoms with van der Waals surface area (Å²) in [6, 6.07) is 3.01. The molecule has 2 fully saturated rings. The third kappa shape index (κ3) is 7.39. The summed E-state index contributed by atoms with van der Waals surface area (Å²) in [5, 5.41) is 0. The molecule has 0 saturated heterocycles. The van der Waals surface area contributed by atoms with Gasteiger partial charge in [-0.2, -0.15) is 4.39 Å². The number of nitrogens with zero attached hydrogens (tertiary/aromatic N) is 2. The summed E-state index contributed by atoms with van der Waals surface area (Å²) in [7, 11) is 0. The van der Waals surface area contributed by atoms with Crippen molar-refractivity contribution < 1.29 is 13.5 Å². The number of aromatic nitrogens is 2. The Morgan fingerprint density at radius 2 is 1.49 bits per heavy atom. The van der Waals surface area contributed by atoms with Gasteiger partial charge in [0.1, 0.15) is 0 Å². The van der Waals surface area contributed by atoms with Crippen LogP contribution in [0.25, 0.3) is 11.4 Å². The molecule has 2 aliphatic rings. The SMILES string of the molecule is CC=CC1CCC(C2CCC(c3cnc(-c4ccc(OCCCCCCC)c(F)c4F)nc3)CC2)CC1. The fraction of sp³-hybridized carbons (Fsp3) is 0.625. The highest BCUT2D eigenvalue weighted by molar-refractivity contribution is 5.57. The molecule has 2 aliphatic carbocycles. The van der Waals surface area contributed by atoms with Crippen LogP contribution < -0.4 is 4.74 Å². The summed E-state index contributed by atoms with van der Waals surface area (Å²) in [6.07, 6.45) is 23.9. The Balaban J connectivity index is 1.29. The molecule has 0 atom stereocenters. The first-order chi connectivity index (χ1) is 18.1. The zero-order valence-corrected chi connectivity index (χ0v) is 22.7. The Labute approximate surface area is 222 Å². The maximum atomic E-state index is 14.8. The van der Waals surface area contributed by atoms with E-state index in [0.29, 0.717) is 12.5 Å². The van der Waals surface area contributed by atoms with Gasteiger partial charge in [0.15, 0.2) is 17.4 Å². The second-order valence-electron chi connectivity index (χ2n) is 11.2. The van der Waals surface area contributed by atoms with Crippen LogP contribution in [0.5, 0.6) is 5.75 Å². The van der Waals surface area contributed by atoms with Crippen LogP contribution in [0.3, 0.4) is 0 Å². The number of allylic oxidation sites excluding steroid dienone is 2. The van der Waals surface area contributed by atoms with Gasteiger partial charge in [-0.05, 0) is 106 Å². The number of unbranched alkanes of at least 4 members (excludes halogenated alkanes) is 4. The average Bonchev–Trinajstić information content (AvgIpc) is 2.94. The van der Waals surface area contributed by atoms with Crippen LogP contribution in [-0.2, 0) is 0 Å². The number of hydrogen-bond donors (Lipinski definition) is 0. The molecule has 0 unspecified atom stereocenters. The van der Waals surface area contributed by atoms with Gasteiger partial charge in [-0.1, -0.05) is 44.8 Å². The normalized spacial score (nSPS) is 24.4. The van der Waals surface area contributed by atoms with Gasteiger partial charge in [-0.25, -0.2) is 14.4 Å². The van der Waals surface area contributed by atoms with Crippen molar-refractivity contribution in [1.29, 1.82) is 0 Å². The van der Waals surface area contributed by atoms with Crippen molar-refractivity contribution in [3.8, 4) is 17.1 Å². The van der Waals surface area contributed by atoms with Crippen molar-refractivity contribution >= 4 is 0 Å². The Bertz CT molecular complexity index is 991. The van der Waals surface area contributed by atoms with Crippen molar-refractivity contribution in [3.63, 3.8) is 0 Å². The largest absolute Gasteiger partial charge is 0.490 e. The molecule has 3 nitrogen and oxygen atoms in total. The molecule has 1 aromatic heterocycles. The minimum absolute atomic E-state index is 0.0413. The first kappa shape index (κ1) is 27.7. The standard InChI is InChI=1S/C32H44F2N2O/c1-3-5-6-7-8-20-37-29-19-18-28(30(33)31(29)34)32-35-21-27(22-36-32)26-16-14-25(15-17-26)24-12-10-23(9-4-2)11-13-24/h4,9,18-19,21-26H,3,5-8,10-17,20H2,1-2H3. The van der Waals surface area contributed by atoms with Gasteiger partial charge in [-0.3, -0.25) is 0 Å². The molecule has 37 heavy (non-hydrogen) atoms. The third-order valence-electron chi connectivity index (χ3n) is 8.66. The summed E-state index contributed by atoms with van der Waals surface area (Å²) in [5.74, 6) is 1.25. The van der Waals surface area contributed by atoms with Gasteiger partial charge >= 0.3 is 0 Å². The molecule has 5 heteroatoms. The lowest BCUT2D eigenvalue weighted by Gasteiger charge is -2.37. The summed E-state index contributed by atoms with van der Waals surface area (Å²) in [4.78, 5) is 8.86. The van der Waals surface area contributed by atoms with E-state index in [1.807, 2.05) is 12.4 Å². The van der Waals surface area contributed by atoms with Crippen LogP contribution in [0.15, 0.2) is 36.7 Å². The van der Waals surface area contributed by atoms with E-state index in [1.165, 1.54) is 63.5 Å². The second-order valence-corrected chi connectivity index (χ2v) is 11.2. The highest BCUT2D eigenvalue weighted by Crippen LogP contribution is 2.44. The van der Waals surface area contributed by atoms with Crippen molar-refractivity contribution in [3.05, 3.63) is 53.9 Å². The minimum atomic E-state index is -0.961. The predicted molar refractivity (Wildman–Crippen MR) is 147 cm³/mol. The van der Waals surface area contributed by atoms with Crippen LogP contribution in [0.1, 0.15) is 109 Å². The highest BCUT2D eigenvalue weighted by Gasteiger charge is 2.31. The van der Waals surface area contributed by atoms with Gasteiger partial charge in [0, 0.05) is 12.4 Å². The van der Waals surface area contributed by atoms with E-state index in [0.717, 1.165) is 55.4 Å². The molecular weight excluding hydrogens is 466 g/mol. The Morgan fingerprint density at radius 3 is 2.14 bits per heavy atom. The Hall–Kier alpha value is -2.30. The van der Waals surface area contributed by atoms with Gasteiger partial charge < -0.3 is 4.74 Å². The van der Waals surface area contributed by atoms with Gasteiger partial charge in [-0.15, -0.1) is 0 Å². The summed E-state index contributed by atoms with van der Waals surface area (Å²) in [5.41, 5.74) is 1.19. The quantitative estimate of drug-likeness (QED) is 0.223. The van der Waals surface area contributed by atoms with Crippen LogP contribution in [0.4, 0.5) is 8.78 Å². The molecule has 2 saturated carbocycles. The van der Waals surface area contributed by atoms with Crippen molar-refractivity contribution in [2.75, 3.05) is 6.61 Å². The fourth-order valence-corrected chi connectivity index (χ4v) is 6.40. The molecule has 2 aromatic rings. The van der Waals surface area contributed by atoms with E-state index in [9.17, 15) is 8.78 Å². The first-order valence-corrected chi connectivity index (χ1v) is 14.7. The topological polar surface area (TPSA) is 35.0 Å². The number of ether oxygens (including phenoxy) is 1. The number of rotatable bonds is 11. The van der Waals surface area contributed by atoms with E-state index in [2.05, 4.69) is 36.0 Å². The average molecular weight is 511 g/mol. The van der Waals surface area contributed by atoms with Crippen LogP contribution in [-0.4, -0.2) is 16.6 Å². The van der Waals surface area contributed by atoms with E-state index in [-0.39, 0.29) is 17.1 Å². The van der Waals surface area contributed by atoms with Crippen molar-refractivity contribution in [1.82, 2.24) is 9.97 Å². The maximum absolute atomic E-state index is 14.8. The molecule has 0 N–H and O–H groups in total. The zero-order valence-electron chi connectivity index (χ0n) is 22.7. The minimum Gasteiger partial charge on any atom is -0.490 e. The highest BCUT2D eigenvalue weighted by atomic mass is 19.2. The lowest BCUT2D eigenvalue weighted by Crippen LogP contribution is -2.25. The molecule has 0 aliphatic heterocycles. The monoisotopic (exact) mass is 510 g/mol. The summed E-state index contributed by atoms with van der Waals surface area (Å²) < 4.78 is 35.0. The van der Waals surface area contributed by atoms with Gasteiger partial charge in [0.05, 0.1) is 12.2 Å². The molecular formula is C32H44F2N2O. The third-order valence-corrected chi connectivity index (χ3v) is 8.66. The van der Waals surface area contributed by atoms with Crippen LogP contribution in [0, 0.1) is 29.4 Å². The lowest BCUT2D eigenvalue weighted by molar-refractivity contribution is 0.171. The van der Waals surface area contributed by atoms with Crippen molar-refractivity contribution in [2.24, 2.45) is 17.8 Å². The summed E-state index contributed by atoms with van der Waals surface area (Å²) in [6.45, 7) is 4.68.